The third kappa shape index (κ3) is 9.34. The van der Waals surface area contributed by atoms with Crippen LogP contribution < -0.4 is 23.0 Å². The SMILES string of the molecule is CC(C)(C)C1=C/C(=C\N[C@@H]2CCCC[C@H]2N/C=C2\C=C(C(C)(C)C)C=C(C(C)(C)C)C2=O)C(=O)C(C(C)(C)C)=C1.[Cl-].[Mn]. The number of hydrogen-bond donors (Lipinski definition) is 2. The Kier molecular flexibility index (Phi) is 12.6. The van der Waals surface area contributed by atoms with E-state index in [-0.39, 0.29) is 74.8 Å². The summed E-state index contributed by atoms with van der Waals surface area (Å²) in [6.45, 7) is 25.8. The van der Waals surface area contributed by atoms with E-state index >= 15 is 0 Å². The number of carbonyl (C=O) groups excluding carboxylic acids is 2. The Morgan fingerprint density at radius 3 is 1.14 bits per heavy atom. The second kappa shape index (κ2) is 13.9. The summed E-state index contributed by atoms with van der Waals surface area (Å²) >= 11 is 0. The third-order valence-corrected chi connectivity index (χ3v) is 8.26. The van der Waals surface area contributed by atoms with Crippen molar-refractivity contribution in [3.63, 3.8) is 0 Å². The quantitative estimate of drug-likeness (QED) is 0.325. The van der Waals surface area contributed by atoms with E-state index in [1.807, 2.05) is 12.4 Å². The van der Waals surface area contributed by atoms with E-state index in [0.717, 1.165) is 48.0 Å². The molecule has 0 amide bonds. The van der Waals surface area contributed by atoms with Gasteiger partial charge in [-0.3, -0.25) is 9.59 Å². The molecular formula is C36H54ClMnN2O2-. The normalized spacial score (nSPS) is 24.2. The van der Waals surface area contributed by atoms with Crippen LogP contribution in [0.1, 0.15) is 109 Å². The minimum absolute atomic E-state index is 0. The fourth-order valence-corrected chi connectivity index (χ4v) is 5.42. The minimum atomic E-state index is -0.228. The molecule has 0 aliphatic heterocycles. The molecule has 2 atom stereocenters. The number of hydrogen-bond acceptors (Lipinski definition) is 4. The molecule has 0 aromatic rings. The summed E-state index contributed by atoms with van der Waals surface area (Å²) < 4.78 is 0. The van der Waals surface area contributed by atoms with Gasteiger partial charge >= 0.3 is 0 Å². The molecule has 0 saturated heterocycles. The van der Waals surface area contributed by atoms with Gasteiger partial charge in [0.2, 0.25) is 0 Å². The summed E-state index contributed by atoms with van der Waals surface area (Å²) in [5, 5.41) is 7.25. The van der Waals surface area contributed by atoms with Gasteiger partial charge in [0.05, 0.1) is 0 Å². The van der Waals surface area contributed by atoms with Gasteiger partial charge in [-0.25, -0.2) is 0 Å². The Morgan fingerprint density at radius 2 is 0.881 bits per heavy atom. The standard InChI is InChI=1S/C36H54N2O2.ClH.Mn/c1-33(2,3)25-17-23(31(39)27(19-25)35(7,8)9)21-37-29-15-13-14-16-30(29)38-22-24-18-26(34(4,5)6)20-28(32(24)40)36(10,11)12;;/h17-22,29-30,37-38H,13-16H2,1-12H3;1H;/p-1/b23-21+,24-22+;;/t29-,30-;;/m1../s1. The van der Waals surface area contributed by atoms with Crippen LogP contribution in [-0.2, 0) is 26.7 Å². The molecule has 1 fully saturated rings. The van der Waals surface area contributed by atoms with E-state index in [4.69, 9.17) is 0 Å². The summed E-state index contributed by atoms with van der Waals surface area (Å²) in [6, 6.07) is 0.340. The first-order valence-electron chi connectivity index (χ1n) is 15.1. The molecule has 0 aromatic heterocycles. The Bertz CT molecular complexity index is 1120. The van der Waals surface area contributed by atoms with Crippen LogP contribution in [0, 0.1) is 21.7 Å². The first-order chi connectivity index (χ1) is 18.2. The van der Waals surface area contributed by atoms with Gasteiger partial charge in [-0.15, -0.1) is 0 Å². The fourth-order valence-electron chi connectivity index (χ4n) is 5.42. The van der Waals surface area contributed by atoms with Crippen LogP contribution in [0.15, 0.2) is 70.1 Å². The van der Waals surface area contributed by atoms with Crippen molar-refractivity contribution in [2.75, 3.05) is 0 Å². The van der Waals surface area contributed by atoms with E-state index in [1.54, 1.807) is 0 Å². The van der Waals surface area contributed by atoms with Crippen molar-refractivity contribution in [2.24, 2.45) is 21.7 Å². The molecule has 42 heavy (non-hydrogen) atoms. The van der Waals surface area contributed by atoms with Crippen LogP contribution in [0.2, 0.25) is 0 Å². The van der Waals surface area contributed by atoms with Crippen molar-refractivity contribution >= 4 is 11.6 Å². The number of carbonyl (C=O) groups is 2. The molecule has 0 heterocycles. The molecule has 0 spiro atoms. The zero-order valence-corrected chi connectivity index (χ0v) is 30.0. The van der Waals surface area contributed by atoms with Gasteiger partial charge in [-0.2, -0.15) is 0 Å². The van der Waals surface area contributed by atoms with Gasteiger partial charge in [-0.05, 0) is 57.8 Å². The van der Waals surface area contributed by atoms with E-state index in [2.05, 4.69) is 118 Å². The number of allylic oxidation sites excluding steroid dienone is 10. The topological polar surface area (TPSA) is 58.2 Å². The van der Waals surface area contributed by atoms with E-state index in [9.17, 15) is 9.59 Å². The summed E-state index contributed by atoms with van der Waals surface area (Å²) in [5.74, 6) is 0.203. The molecule has 3 aliphatic carbocycles. The van der Waals surface area contributed by atoms with Crippen molar-refractivity contribution in [2.45, 2.75) is 121 Å². The summed E-state index contributed by atoms with van der Waals surface area (Å²) in [7, 11) is 0. The molecule has 4 nitrogen and oxygen atoms in total. The minimum Gasteiger partial charge on any atom is -1.00 e. The zero-order chi connectivity index (χ0) is 30.3. The second-order valence-electron chi connectivity index (χ2n) is 16.0. The average Bonchev–Trinajstić information content (AvgIpc) is 2.80. The van der Waals surface area contributed by atoms with Crippen LogP contribution in [0.25, 0.3) is 0 Å². The summed E-state index contributed by atoms with van der Waals surface area (Å²) in [6.07, 6.45) is 16.5. The predicted octanol–water partition coefficient (Wildman–Crippen LogP) is 5.30. The number of ketones is 2. The fraction of sp³-hybridized carbons (Fsp3) is 0.611. The van der Waals surface area contributed by atoms with Gasteiger partial charge in [0, 0.05) is 63.8 Å². The van der Waals surface area contributed by atoms with Gasteiger partial charge in [-0.1, -0.05) is 108 Å². The molecule has 2 N–H and O–H groups in total. The molecule has 235 valence electrons. The van der Waals surface area contributed by atoms with Crippen molar-refractivity contribution in [3.05, 3.63) is 70.1 Å². The predicted molar refractivity (Wildman–Crippen MR) is 169 cm³/mol. The Labute approximate surface area is 273 Å². The second-order valence-corrected chi connectivity index (χ2v) is 16.0. The van der Waals surface area contributed by atoms with Gasteiger partial charge < -0.3 is 23.0 Å². The molecule has 3 aliphatic rings. The average molecular weight is 637 g/mol. The third-order valence-electron chi connectivity index (χ3n) is 8.26. The molecule has 0 bridgehead atoms. The Morgan fingerprint density at radius 1 is 0.571 bits per heavy atom. The van der Waals surface area contributed by atoms with Gasteiger partial charge in [0.1, 0.15) is 0 Å². The number of rotatable bonds is 4. The maximum absolute atomic E-state index is 13.5. The Balaban J connectivity index is 0.00000441. The first-order valence-corrected chi connectivity index (χ1v) is 15.1. The van der Waals surface area contributed by atoms with Crippen molar-refractivity contribution in [3.8, 4) is 0 Å². The number of nitrogens with one attached hydrogen (secondary N) is 2. The van der Waals surface area contributed by atoms with E-state index < -0.39 is 0 Å². The van der Waals surface area contributed by atoms with Crippen molar-refractivity contribution in [1.82, 2.24) is 10.6 Å². The maximum atomic E-state index is 13.5. The molecule has 0 aromatic carbocycles. The number of halogens is 1. The molecule has 6 heteroatoms. The van der Waals surface area contributed by atoms with Crippen LogP contribution in [-0.4, -0.2) is 23.7 Å². The summed E-state index contributed by atoms with van der Waals surface area (Å²) in [4.78, 5) is 27.0. The van der Waals surface area contributed by atoms with E-state index in [0.29, 0.717) is 0 Å². The van der Waals surface area contributed by atoms with Gasteiger partial charge in [0.15, 0.2) is 11.6 Å². The van der Waals surface area contributed by atoms with Gasteiger partial charge in [0.25, 0.3) is 0 Å². The van der Waals surface area contributed by atoms with Crippen LogP contribution >= 0.6 is 0 Å². The van der Waals surface area contributed by atoms with Crippen LogP contribution in [0.5, 0.6) is 0 Å². The molecule has 0 unspecified atom stereocenters. The maximum Gasteiger partial charge on any atom is 0.191 e. The van der Waals surface area contributed by atoms with Crippen molar-refractivity contribution < 1.29 is 39.1 Å². The van der Waals surface area contributed by atoms with Crippen LogP contribution in [0.4, 0.5) is 0 Å². The van der Waals surface area contributed by atoms with Crippen molar-refractivity contribution in [1.29, 1.82) is 0 Å². The molecule has 3 rings (SSSR count). The zero-order valence-electron chi connectivity index (χ0n) is 28.0. The largest absolute Gasteiger partial charge is 1.00 e. The monoisotopic (exact) mass is 636 g/mol. The number of Topliss-reactive ketones (excluding diaryl/α,β-unsaturated/α-hetero) is 2. The first kappa shape index (κ1) is 38.2. The van der Waals surface area contributed by atoms with E-state index in [1.165, 1.54) is 11.1 Å². The molecular weight excluding hydrogens is 583 g/mol. The summed E-state index contributed by atoms with van der Waals surface area (Å²) in [5.41, 5.74) is 4.95. The smallest absolute Gasteiger partial charge is 0.191 e. The van der Waals surface area contributed by atoms with Crippen LogP contribution in [0.3, 0.4) is 0 Å². The Hall–Kier alpha value is -1.81. The molecule has 1 saturated carbocycles. The molecule has 1 radical (unpaired) electrons.